The van der Waals surface area contributed by atoms with E-state index in [4.69, 9.17) is 5.26 Å². The van der Waals surface area contributed by atoms with Crippen LogP contribution in [0.15, 0.2) is 18.2 Å². The first kappa shape index (κ1) is 15.5. The van der Waals surface area contributed by atoms with Crippen LogP contribution < -0.4 is 5.32 Å². The summed E-state index contributed by atoms with van der Waals surface area (Å²) in [6.45, 7) is 10.2. The predicted octanol–water partition coefficient (Wildman–Crippen LogP) is 3.23. The lowest BCUT2D eigenvalue weighted by molar-refractivity contribution is 0.182. The number of hydrogen-bond acceptors (Lipinski definition) is 3. The number of nitrogens with one attached hydrogen (secondary N) is 1. The van der Waals surface area contributed by atoms with Gasteiger partial charge in [0.05, 0.1) is 17.3 Å². The summed E-state index contributed by atoms with van der Waals surface area (Å²) in [5.41, 5.74) is 0.792. The fourth-order valence-corrected chi connectivity index (χ4v) is 2.16. The minimum atomic E-state index is -0.375. The second-order valence-electron chi connectivity index (χ2n) is 5.16. The number of nitriles is 1. The molecule has 0 fully saturated rings. The molecule has 0 radical (unpaired) electrons. The first-order chi connectivity index (χ1) is 8.95. The molecular formula is C15H22FN3. The van der Waals surface area contributed by atoms with E-state index >= 15 is 0 Å². The Kier molecular flexibility index (Phi) is 5.78. The maximum Gasteiger partial charge on any atom is 0.147 e. The molecule has 0 aliphatic rings. The molecule has 19 heavy (non-hydrogen) atoms. The van der Waals surface area contributed by atoms with Crippen molar-refractivity contribution in [2.45, 2.75) is 39.8 Å². The average molecular weight is 263 g/mol. The molecule has 0 unspecified atom stereocenters. The fraction of sp³-hybridized carbons (Fsp3) is 0.533. The van der Waals surface area contributed by atoms with Crippen LogP contribution in [0.2, 0.25) is 0 Å². The van der Waals surface area contributed by atoms with E-state index in [2.05, 4.69) is 37.9 Å². The summed E-state index contributed by atoms with van der Waals surface area (Å²) in [5.74, 6) is -0.375. The Morgan fingerprint density at radius 2 is 1.89 bits per heavy atom. The summed E-state index contributed by atoms with van der Waals surface area (Å²) in [7, 11) is 0. The van der Waals surface area contributed by atoms with Gasteiger partial charge in [0.2, 0.25) is 0 Å². The van der Waals surface area contributed by atoms with Gasteiger partial charge in [-0.3, -0.25) is 4.90 Å². The molecule has 1 aromatic carbocycles. The van der Waals surface area contributed by atoms with Crippen LogP contribution in [0, 0.1) is 17.1 Å². The molecule has 1 aromatic rings. The smallest absolute Gasteiger partial charge is 0.147 e. The Hall–Kier alpha value is -1.60. The Balaban J connectivity index is 2.56. The summed E-state index contributed by atoms with van der Waals surface area (Å²) in [6, 6.07) is 7.34. The number of halogens is 1. The highest BCUT2D eigenvalue weighted by molar-refractivity contribution is 5.48. The van der Waals surface area contributed by atoms with E-state index in [0.717, 1.165) is 6.54 Å². The highest BCUT2D eigenvalue weighted by Gasteiger charge is 2.12. The van der Waals surface area contributed by atoms with Gasteiger partial charge in [-0.1, -0.05) is 0 Å². The molecule has 0 saturated heterocycles. The third-order valence-corrected chi connectivity index (χ3v) is 3.11. The van der Waals surface area contributed by atoms with Gasteiger partial charge in [-0.25, -0.2) is 4.39 Å². The molecule has 0 heterocycles. The molecule has 4 heteroatoms. The van der Waals surface area contributed by atoms with Crippen molar-refractivity contribution in [3.05, 3.63) is 29.6 Å². The largest absolute Gasteiger partial charge is 0.381 e. The summed E-state index contributed by atoms with van der Waals surface area (Å²) in [5, 5.41) is 11.8. The second-order valence-corrected chi connectivity index (χ2v) is 5.16. The quantitative estimate of drug-likeness (QED) is 0.856. The SMILES string of the molecule is CC(C)N(CCNc1ccc(C#N)cc1F)C(C)C. The molecule has 1 N–H and O–H groups in total. The first-order valence-electron chi connectivity index (χ1n) is 6.65. The number of hydrogen-bond donors (Lipinski definition) is 1. The lowest BCUT2D eigenvalue weighted by Crippen LogP contribution is -2.40. The van der Waals surface area contributed by atoms with E-state index in [0.29, 0.717) is 29.9 Å². The van der Waals surface area contributed by atoms with Gasteiger partial charge in [-0.2, -0.15) is 5.26 Å². The topological polar surface area (TPSA) is 39.1 Å². The van der Waals surface area contributed by atoms with Crippen LogP contribution in [0.1, 0.15) is 33.3 Å². The van der Waals surface area contributed by atoms with Gasteiger partial charge in [0.15, 0.2) is 0 Å². The maximum absolute atomic E-state index is 13.7. The molecule has 1 rings (SSSR count). The van der Waals surface area contributed by atoms with Crippen molar-refractivity contribution < 1.29 is 4.39 Å². The zero-order valence-electron chi connectivity index (χ0n) is 12.1. The minimum Gasteiger partial charge on any atom is -0.381 e. The van der Waals surface area contributed by atoms with Gasteiger partial charge in [0, 0.05) is 25.2 Å². The van der Waals surface area contributed by atoms with Crippen molar-refractivity contribution >= 4 is 5.69 Å². The van der Waals surface area contributed by atoms with Crippen molar-refractivity contribution in [2.24, 2.45) is 0 Å². The lowest BCUT2D eigenvalue weighted by Gasteiger charge is -2.30. The normalized spacial score (nSPS) is 11.1. The molecule has 0 aliphatic heterocycles. The first-order valence-corrected chi connectivity index (χ1v) is 6.65. The second kappa shape index (κ2) is 7.10. The van der Waals surface area contributed by atoms with Crippen LogP contribution in [0.3, 0.4) is 0 Å². The standard InChI is InChI=1S/C15H22FN3/c1-11(2)19(12(3)4)8-7-18-15-6-5-13(10-17)9-14(15)16/h5-6,9,11-12,18H,7-8H2,1-4H3. The van der Waals surface area contributed by atoms with E-state index in [9.17, 15) is 4.39 Å². The van der Waals surface area contributed by atoms with Crippen LogP contribution in [-0.2, 0) is 0 Å². The van der Waals surface area contributed by atoms with Crippen LogP contribution in [0.5, 0.6) is 0 Å². The number of rotatable bonds is 6. The number of nitrogens with zero attached hydrogens (tertiary/aromatic N) is 2. The van der Waals surface area contributed by atoms with Crippen molar-refractivity contribution in [1.82, 2.24) is 4.90 Å². The van der Waals surface area contributed by atoms with Crippen LogP contribution in [0.25, 0.3) is 0 Å². The average Bonchev–Trinajstić information content (AvgIpc) is 2.35. The van der Waals surface area contributed by atoms with E-state index in [1.165, 1.54) is 6.07 Å². The van der Waals surface area contributed by atoms with E-state index in [-0.39, 0.29) is 5.82 Å². The molecule has 0 aliphatic carbocycles. The van der Waals surface area contributed by atoms with E-state index < -0.39 is 0 Å². The molecule has 3 nitrogen and oxygen atoms in total. The van der Waals surface area contributed by atoms with Crippen molar-refractivity contribution in [3.8, 4) is 6.07 Å². The third kappa shape index (κ3) is 4.53. The van der Waals surface area contributed by atoms with Crippen LogP contribution >= 0.6 is 0 Å². The molecule has 0 aromatic heterocycles. The number of benzene rings is 1. The van der Waals surface area contributed by atoms with Gasteiger partial charge in [-0.15, -0.1) is 0 Å². The van der Waals surface area contributed by atoms with Crippen LogP contribution in [-0.4, -0.2) is 30.1 Å². The van der Waals surface area contributed by atoms with Gasteiger partial charge >= 0.3 is 0 Å². The molecule has 104 valence electrons. The molecular weight excluding hydrogens is 241 g/mol. The third-order valence-electron chi connectivity index (χ3n) is 3.11. The van der Waals surface area contributed by atoms with Crippen LogP contribution in [0.4, 0.5) is 10.1 Å². The zero-order valence-corrected chi connectivity index (χ0v) is 12.1. The zero-order chi connectivity index (χ0) is 14.4. The van der Waals surface area contributed by atoms with Gasteiger partial charge < -0.3 is 5.32 Å². The minimum absolute atomic E-state index is 0.342. The van der Waals surface area contributed by atoms with Gasteiger partial charge in [-0.05, 0) is 45.9 Å². The summed E-state index contributed by atoms with van der Waals surface area (Å²) in [6.07, 6.45) is 0. The summed E-state index contributed by atoms with van der Waals surface area (Å²) < 4.78 is 13.7. The maximum atomic E-state index is 13.7. The Morgan fingerprint density at radius 3 is 2.37 bits per heavy atom. The Morgan fingerprint density at radius 1 is 1.26 bits per heavy atom. The lowest BCUT2D eigenvalue weighted by atomic mass is 10.2. The summed E-state index contributed by atoms with van der Waals surface area (Å²) >= 11 is 0. The Bertz CT molecular complexity index is 441. The van der Waals surface area contributed by atoms with Crippen molar-refractivity contribution in [2.75, 3.05) is 18.4 Å². The molecule has 0 atom stereocenters. The highest BCUT2D eigenvalue weighted by atomic mass is 19.1. The van der Waals surface area contributed by atoms with Gasteiger partial charge in [0.25, 0.3) is 0 Å². The molecule has 0 bridgehead atoms. The predicted molar refractivity (Wildman–Crippen MR) is 76.6 cm³/mol. The highest BCUT2D eigenvalue weighted by Crippen LogP contribution is 2.15. The van der Waals surface area contributed by atoms with E-state index in [1.807, 2.05) is 6.07 Å². The van der Waals surface area contributed by atoms with Crippen molar-refractivity contribution in [1.29, 1.82) is 5.26 Å². The Labute approximate surface area is 115 Å². The van der Waals surface area contributed by atoms with Crippen molar-refractivity contribution in [3.63, 3.8) is 0 Å². The number of anilines is 1. The molecule has 0 saturated carbocycles. The molecule has 0 amide bonds. The fourth-order valence-electron chi connectivity index (χ4n) is 2.16. The molecule has 0 spiro atoms. The van der Waals surface area contributed by atoms with Gasteiger partial charge in [0.1, 0.15) is 5.82 Å². The summed E-state index contributed by atoms with van der Waals surface area (Å²) in [4.78, 5) is 2.34. The van der Waals surface area contributed by atoms with E-state index in [1.54, 1.807) is 12.1 Å². The monoisotopic (exact) mass is 263 g/mol.